The number of rotatable bonds is 7. The lowest BCUT2D eigenvalue weighted by Crippen LogP contribution is -2.10. The van der Waals surface area contributed by atoms with Crippen molar-refractivity contribution in [2.24, 2.45) is 0 Å². The molecule has 0 N–H and O–H groups in total. The second-order valence-electron chi connectivity index (χ2n) is 3.75. The summed E-state index contributed by atoms with van der Waals surface area (Å²) in [6, 6.07) is 4.93. The van der Waals surface area contributed by atoms with Crippen LogP contribution in [0.15, 0.2) is 18.2 Å². The quantitative estimate of drug-likeness (QED) is 0.440. The number of benzene rings is 1. The minimum Gasteiger partial charge on any atom is -0.487 e. The van der Waals surface area contributed by atoms with Crippen LogP contribution in [0.2, 0.25) is 0 Å². The lowest BCUT2D eigenvalue weighted by atomic mass is 10.1. The third-order valence-electron chi connectivity index (χ3n) is 2.33. The molecule has 0 aliphatic heterocycles. The molecule has 0 aliphatic rings. The molecular formula is C12H16BrNO4. The van der Waals surface area contributed by atoms with Crippen molar-refractivity contribution in [1.29, 1.82) is 0 Å². The SMILES string of the molecule is CCOc1cc(CC(Br)COC)ccc1[N+](=O)[O-]. The summed E-state index contributed by atoms with van der Waals surface area (Å²) in [6.45, 7) is 2.79. The van der Waals surface area contributed by atoms with Crippen LogP contribution in [0.4, 0.5) is 5.69 Å². The fraction of sp³-hybridized carbons (Fsp3) is 0.500. The van der Waals surface area contributed by atoms with Crippen LogP contribution in [0.3, 0.4) is 0 Å². The van der Waals surface area contributed by atoms with E-state index in [9.17, 15) is 10.1 Å². The monoisotopic (exact) mass is 317 g/mol. The number of methoxy groups -OCH3 is 1. The Morgan fingerprint density at radius 2 is 2.22 bits per heavy atom. The minimum absolute atomic E-state index is 0.00142. The first kappa shape index (κ1) is 14.9. The van der Waals surface area contributed by atoms with E-state index in [-0.39, 0.29) is 10.5 Å². The number of halogens is 1. The molecule has 0 amide bonds. The number of nitro groups is 1. The fourth-order valence-corrected chi connectivity index (χ4v) is 2.24. The number of nitrogens with zero attached hydrogens (tertiary/aromatic N) is 1. The van der Waals surface area contributed by atoms with E-state index in [1.54, 1.807) is 26.2 Å². The average molecular weight is 318 g/mol. The zero-order valence-electron chi connectivity index (χ0n) is 10.4. The van der Waals surface area contributed by atoms with Crippen LogP contribution in [0.1, 0.15) is 12.5 Å². The maximum Gasteiger partial charge on any atom is 0.310 e. The molecule has 18 heavy (non-hydrogen) atoms. The van der Waals surface area contributed by atoms with E-state index in [1.165, 1.54) is 6.07 Å². The van der Waals surface area contributed by atoms with Gasteiger partial charge in [0.1, 0.15) is 0 Å². The second kappa shape index (κ2) is 7.33. The first-order chi connectivity index (χ1) is 8.58. The van der Waals surface area contributed by atoms with Crippen LogP contribution in [0.5, 0.6) is 5.75 Å². The van der Waals surface area contributed by atoms with Crippen LogP contribution >= 0.6 is 15.9 Å². The first-order valence-electron chi connectivity index (χ1n) is 5.61. The Labute approximate surface area is 114 Å². The molecule has 6 heteroatoms. The van der Waals surface area contributed by atoms with E-state index in [1.807, 2.05) is 0 Å². The van der Waals surface area contributed by atoms with Gasteiger partial charge in [0, 0.05) is 18.0 Å². The van der Waals surface area contributed by atoms with Gasteiger partial charge in [0.2, 0.25) is 0 Å². The Bertz CT molecular complexity index is 411. The summed E-state index contributed by atoms with van der Waals surface area (Å²) in [5, 5.41) is 10.8. The summed E-state index contributed by atoms with van der Waals surface area (Å²) in [5.41, 5.74) is 0.974. The number of nitro benzene ring substituents is 1. The molecule has 0 saturated carbocycles. The molecule has 1 rings (SSSR count). The largest absolute Gasteiger partial charge is 0.487 e. The van der Waals surface area contributed by atoms with Crippen molar-refractivity contribution in [2.45, 2.75) is 18.2 Å². The fourth-order valence-electron chi connectivity index (χ4n) is 1.60. The molecule has 1 atom stereocenters. The highest BCUT2D eigenvalue weighted by Gasteiger charge is 2.16. The summed E-state index contributed by atoms with van der Waals surface area (Å²) >= 11 is 3.49. The van der Waals surface area contributed by atoms with Gasteiger partial charge in [0.15, 0.2) is 5.75 Å². The molecule has 5 nitrogen and oxygen atoms in total. The molecule has 0 aromatic heterocycles. The summed E-state index contributed by atoms with van der Waals surface area (Å²) in [7, 11) is 1.63. The predicted molar refractivity (Wildman–Crippen MR) is 72.6 cm³/mol. The van der Waals surface area contributed by atoms with Crippen molar-refractivity contribution >= 4 is 21.6 Å². The van der Waals surface area contributed by atoms with Gasteiger partial charge < -0.3 is 9.47 Å². The van der Waals surface area contributed by atoms with Gasteiger partial charge in [-0.15, -0.1) is 0 Å². The summed E-state index contributed by atoms with van der Waals surface area (Å²) in [6.07, 6.45) is 0.728. The maximum absolute atomic E-state index is 10.8. The average Bonchev–Trinajstić information content (AvgIpc) is 2.29. The molecule has 100 valence electrons. The van der Waals surface area contributed by atoms with Gasteiger partial charge >= 0.3 is 5.69 Å². The van der Waals surface area contributed by atoms with Gasteiger partial charge in [0.25, 0.3) is 0 Å². The molecular weight excluding hydrogens is 302 g/mol. The van der Waals surface area contributed by atoms with Crippen LogP contribution in [-0.4, -0.2) is 30.1 Å². The normalized spacial score (nSPS) is 12.2. The minimum atomic E-state index is -0.435. The Morgan fingerprint density at radius 3 is 2.78 bits per heavy atom. The molecule has 0 saturated heterocycles. The number of hydrogen-bond donors (Lipinski definition) is 0. The van der Waals surface area contributed by atoms with Crippen molar-refractivity contribution in [1.82, 2.24) is 0 Å². The highest BCUT2D eigenvalue weighted by atomic mass is 79.9. The highest BCUT2D eigenvalue weighted by molar-refractivity contribution is 9.09. The predicted octanol–water partition coefficient (Wildman–Crippen LogP) is 2.95. The van der Waals surface area contributed by atoms with Gasteiger partial charge in [-0.05, 0) is 25.0 Å². The van der Waals surface area contributed by atoms with Gasteiger partial charge in [-0.2, -0.15) is 0 Å². The standard InChI is InChI=1S/C12H16BrNO4/c1-3-18-12-7-9(6-10(13)8-17-2)4-5-11(12)14(15)16/h4-5,7,10H,3,6,8H2,1-2H3. The van der Waals surface area contributed by atoms with Crippen molar-refractivity contribution in [3.63, 3.8) is 0 Å². The lowest BCUT2D eigenvalue weighted by Gasteiger charge is -2.10. The zero-order chi connectivity index (χ0) is 13.5. The van der Waals surface area contributed by atoms with Crippen LogP contribution in [-0.2, 0) is 11.2 Å². The Kier molecular flexibility index (Phi) is 6.07. The second-order valence-corrected chi connectivity index (χ2v) is 5.04. The van der Waals surface area contributed by atoms with Crippen molar-refractivity contribution in [2.75, 3.05) is 20.3 Å². The van der Waals surface area contributed by atoms with Gasteiger partial charge in [0.05, 0.1) is 18.1 Å². The van der Waals surface area contributed by atoms with E-state index < -0.39 is 4.92 Å². The van der Waals surface area contributed by atoms with Crippen molar-refractivity contribution < 1.29 is 14.4 Å². The van der Waals surface area contributed by atoms with Crippen molar-refractivity contribution in [3.8, 4) is 5.75 Å². The maximum atomic E-state index is 10.8. The smallest absolute Gasteiger partial charge is 0.310 e. The third kappa shape index (κ3) is 4.27. The van der Waals surface area contributed by atoms with Crippen LogP contribution in [0, 0.1) is 10.1 Å². The van der Waals surface area contributed by atoms with E-state index in [0.29, 0.717) is 19.0 Å². The molecule has 0 radical (unpaired) electrons. The molecule has 1 unspecified atom stereocenters. The molecule has 0 fully saturated rings. The van der Waals surface area contributed by atoms with Gasteiger partial charge in [-0.25, -0.2) is 0 Å². The van der Waals surface area contributed by atoms with Crippen LogP contribution in [0.25, 0.3) is 0 Å². The Hall–Kier alpha value is -1.14. The summed E-state index contributed by atoms with van der Waals surface area (Å²) < 4.78 is 10.3. The molecule has 1 aromatic rings. The molecule has 0 aliphatic carbocycles. The number of hydrogen-bond acceptors (Lipinski definition) is 4. The van der Waals surface area contributed by atoms with E-state index in [0.717, 1.165) is 12.0 Å². The van der Waals surface area contributed by atoms with Gasteiger partial charge in [-0.3, -0.25) is 10.1 Å². The summed E-state index contributed by atoms with van der Waals surface area (Å²) in [4.78, 5) is 10.6. The Balaban J connectivity index is 2.88. The van der Waals surface area contributed by atoms with Crippen molar-refractivity contribution in [3.05, 3.63) is 33.9 Å². The number of alkyl halides is 1. The molecule has 1 aromatic carbocycles. The van der Waals surface area contributed by atoms with E-state index >= 15 is 0 Å². The molecule has 0 spiro atoms. The molecule has 0 bridgehead atoms. The first-order valence-corrected chi connectivity index (χ1v) is 6.53. The summed E-state index contributed by atoms with van der Waals surface area (Å²) in [5.74, 6) is 0.317. The van der Waals surface area contributed by atoms with E-state index in [2.05, 4.69) is 15.9 Å². The van der Waals surface area contributed by atoms with Gasteiger partial charge in [-0.1, -0.05) is 22.0 Å². The third-order valence-corrected chi connectivity index (χ3v) is 2.91. The topological polar surface area (TPSA) is 61.6 Å². The zero-order valence-corrected chi connectivity index (χ0v) is 12.0. The number of ether oxygens (including phenoxy) is 2. The van der Waals surface area contributed by atoms with E-state index in [4.69, 9.17) is 9.47 Å². The Morgan fingerprint density at radius 1 is 1.50 bits per heavy atom. The van der Waals surface area contributed by atoms with Crippen LogP contribution < -0.4 is 4.74 Å². The molecule has 0 heterocycles. The highest BCUT2D eigenvalue weighted by Crippen LogP contribution is 2.28. The lowest BCUT2D eigenvalue weighted by molar-refractivity contribution is -0.385.